The summed E-state index contributed by atoms with van der Waals surface area (Å²) in [5.74, 6) is -2.76. The van der Waals surface area contributed by atoms with E-state index in [9.17, 15) is 18.0 Å². The third-order valence-electron chi connectivity index (χ3n) is 5.01. The van der Waals surface area contributed by atoms with Crippen molar-refractivity contribution in [2.45, 2.75) is 19.0 Å². The lowest BCUT2D eigenvalue weighted by molar-refractivity contribution is -0.192. The first-order valence-corrected chi connectivity index (χ1v) is 9.53. The number of pyridine rings is 1. The Kier molecular flexibility index (Phi) is 7.88. The molecule has 2 amide bonds. The Hall–Kier alpha value is -2.56. The maximum atomic E-state index is 12.3. The summed E-state index contributed by atoms with van der Waals surface area (Å²) in [7, 11) is 3.63. The SMILES string of the molecule is CN(C)C(=O)N1CCCC2(COCCN(c3cccnc3)C2)C1.O=C(O)C(F)(F)F. The Morgan fingerprint density at radius 1 is 1.27 bits per heavy atom. The largest absolute Gasteiger partial charge is 0.490 e. The lowest BCUT2D eigenvalue weighted by Crippen LogP contribution is -2.54. The maximum absolute atomic E-state index is 12.3. The van der Waals surface area contributed by atoms with E-state index in [2.05, 4.69) is 16.0 Å². The molecule has 2 aliphatic rings. The highest BCUT2D eigenvalue weighted by molar-refractivity contribution is 5.74. The second-order valence-electron chi connectivity index (χ2n) is 7.69. The number of hydrogen-bond donors (Lipinski definition) is 1. The van der Waals surface area contributed by atoms with Gasteiger partial charge >= 0.3 is 18.2 Å². The van der Waals surface area contributed by atoms with Gasteiger partial charge < -0.3 is 24.5 Å². The number of carbonyl (C=O) groups is 2. The molecule has 0 aliphatic carbocycles. The van der Waals surface area contributed by atoms with E-state index in [1.807, 2.05) is 31.3 Å². The van der Waals surface area contributed by atoms with Gasteiger partial charge in [0.2, 0.25) is 0 Å². The number of aromatic nitrogens is 1. The lowest BCUT2D eigenvalue weighted by Gasteiger charge is -2.44. The van der Waals surface area contributed by atoms with Gasteiger partial charge in [-0.2, -0.15) is 13.2 Å². The molecule has 3 rings (SSSR count). The van der Waals surface area contributed by atoms with Crippen LogP contribution in [0.15, 0.2) is 24.5 Å². The molecule has 168 valence electrons. The highest BCUT2D eigenvalue weighted by Crippen LogP contribution is 2.34. The van der Waals surface area contributed by atoms with Gasteiger partial charge in [0.1, 0.15) is 0 Å². The first-order chi connectivity index (χ1) is 14.0. The molecule has 1 spiro atoms. The number of anilines is 1. The van der Waals surface area contributed by atoms with Crippen LogP contribution in [0.1, 0.15) is 12.8 Å². The summed E-state index contributed by atoms with van der Waals surface area (Å²) in [4.78, 5) is 31.5. The van der Waals surface area contributed by atoms with Crippen molar-refractivity contribution in [2.75, 3.05) is 58.4 Å². The molecule has 0 aromatic carbocycles. The molecule has 2 saturated heterocycles. The molecule has 0 bridgehead atoms. The van der Waals surface area contributed by atoms with Crippen molar-refractivity contribution in [3.8, 4) is 0 Å². The van der Waals surface area contributed by atoms with Crippen LogP contribution < -0.4 is 4.90 Å². The van der Waals surface area contributed by atoms with E-state index in [-0.39, 0.29) is 11.4 Å². The molecule has 8 nitrogen and oxygen atoms in total. The Morgan fingerprint density at radius 3 is 2.53 bits per heavy atom. The second-order valence-corrected chi connectivity index (χ2v) is 7.69. The Morgan fingerprint density at radius 2 is 1.97 bits per heavy atom. The van der Waals surface area contributed by atoms with Crippen LogP contribution in [0.3, 0.4) is 0 Å². The van der Waals surface area contributed by atoms with Crippen molar-refractivity contribution in [3.63, 3.8) is 0 Å². The van der Waals surface area contributed by atoms with E-state index in [0.717, 1.165) is 57.9 Å². The van der Waals surface area contributed by atoms with Gasteiger partial charge in [-0.1, -0.05) is 0 Å². The maximum Gasteiger partial charge on any atom is 0.490 e. The van der Waals surface area contributed by atoms with E-state index >= 15 is 0 Å². The number of ether oxygens (including phenoxy) is 1. The summed E-state index contributed by atoms with van der Waals surface area (Å²) < 4.78 is 37.7. The van der Waals surface area contributed by atoms with Gasteiger partial charge in [-0.3, -0.25) is 4.98 Å². The fraction of sp³-hybridized carbons (Fsp3) is 0.632. The Balaban J connectivity index is 0.000000396. The number of likely N-dealkylation sites (tertiary alicyclic amines) is 1. The second kappa shape index (κ2) is 9.96. The molecule has 1 aromatic rings. The highest BCUT2D eigenvalue weighted by Gasteiger charge is 2.41. The topological polar surface area (TPSA) is 86.2 Å². The summed E-state index contributed by atoms with van der Waals surface area (Å²) in [6.07, 6.45) is 0.751. The molecule has 0 saturated carbocycles. The number of piperidine rings is 1. The van der Waals surface area contributed by atoms with Gasteiger partial charge in [0.15, 0.2) is 0 Å². The van der Waals surface area contributed by atoms with Crippen LogP contribution in [0.4, 0.5) is 23.7 Å². The molecule has 11 heteroatoms. The summed E-state index contributed by atoms with van der Waals surface area (Å²) in [6, 6.07) is 4.16. The minimum absolute atomic E-state index is 0.0102. The third kappa shape index (κ3) is 6.48. The number of halogens is 3. The zero-order chi connectivity index (χ0) is 22.4. The standard InChI is InChI=1S/C17H26N4O2.C2HF3O2/c1-19(2)16(22)21-8-4-6-17(13-21)12-20(9-10-23-14-17)15-5-3-7-18-11-15;3-2(4,5)1(6)7/h3,5,7,11H,4,6,8-10,12-14H2,1-2H3;(H,6,7). The predicted molar refractivity (Wildman–Crippen MR) is 103 cm³/mol. The minimum Gasteiger partial charge on any atom is -0.475 e. The normalized spacial score (nSPS) is 22.0. The van der Waals surface area contributed by atoms with Crippen molar-refractivity contribution >= 4 is 17.7 Å². The van der Waals surface area contributed by atoms with Crippen LogP contribution in [0.2, 0.25) is 0 Å². The van der Waals surface area contributed by atoms with Crippen LogP contribution in [0.25, 0.3) is 0 Å². The van der Waals surface area contributed by atoms with Crippen molar-refractivity contribution in [2.24, 2.45) is 5.41 Å². The van der Waals surface area contributed by atoms with Crippen molar-refractivity contribution < 1.29 is 32.6 Å². The van der Waals surface area contributed by atoms with E-state index in [4.69, 9.17) is 14.6 Å². The summed E-state index contributed by atoms with van der Waals surface area (Å²) in [5.41, 5.74) is 1.14. The van der Waals surface area contributed by atoms with Crippen LogP contribution in [0, 0.1) is 5.41 Å². The fourth-order valence-electron chi connectivity index (χ4n) is 3.66. The number of rotatable bonds is 1. The molecule has 1 N–H and O–H groups in total. The van der Waals surface area contributed by atoms with Crippen molar-refractivity contribution in [3.05, 3.63) is 24.5 Å². The molecular formula is C19H27F3N4O4. The Labute approximate surface area is 173 Å². The molecule has 1 aromatic heterocycles. The van der Waals surface area contributed by atoms with E-state index in [1.165, 1.54) is 0 Å². The van der Waals surface area contributed by atoms with Crippen LogP contribution in [0.5, 0.6) is 0 Å². The fourth-order valence-corrected chi connectivity index (χ4v) is 3.66. The number of aliphatic carboxylic acids is 1. The van der Waals surface area contributed by atoms with Crippen molar-refractivity contribution in [1.82, 2.24) is 14.8 Å². The first kappa shape index (κ1) is 23.7. The first-order valence-electron chi connectivity index (χ1n) is 9.53. The van der Waals surface area contributed by atoms with E-state index in [1.54, 1.807) is 11.1 Å². The molecule has 1 atom stereocenters. The smallest absolute Gasteiger partial charge is 0.475 e. The third-order valence-corrected chi connectivity index (χ3v) is 5.01. The Bertz CT molecular complexity index is 717. The highest BCUT2D eigenvalue weighted by atomic mass is 19.4. The van der Waals surface area contributed by atoms with Crippen LogP contribution >= 0.6 is 0 Å². The summed E-state index contributed by atoms with van der Waals surface area (Å²) in [6.45, 7) is 4.83. The molecule has 2 fully saturated rings. The predicted octanol–water partition coefficient (Wildman–Crippen LogP) is 2.32. The van der Waals surface area contributed by atoms with Crippen LogP contribution in [-0.4, -0.2) is 91.6 Å². The number of carbonyl (C=O) groups excluding carboxylic acids is 1. The number of carboxylic acid groups (broad SMARTS) is 1. The number of nitrogens with zero attached hydrogens (tertiary/aromatic N) is 4. The number of alkyl halides is 3. The monoisotopic (exact) mass is 432 g/mol. The summed E-state index contributed by atoms with van der Waals surface area (Å²) in [5, 5.41) is 7.12. The van der Waals surface area contributed by atoms with Crippen LogP contribution in [-0.2, 0) is 9.53 Å². The van der Waals surface area contributed by atoms with Gasteiger partial charge in [-0.05, 0) is 25.0 Å². The molecule has 3 heterocycles. The molecule has 0 radical (unpaired) electrons. The molecule has 1 unspecified atom stereocenters. The summed E-state index contributed by atoms with van der Waals surface area (Å²) >= 11 is 0. The van der Waals surface area contributed by atoms with E-state index < -0.39 is 12.1 Å². The molecular weight excluding hydrogens is 405 g/mol. The van der Waals surface area contributed by atoms with Gasteiger partial charge in [-0.25, -0.2) is 9.59 Å². The van der Waals surface area contributed by atoms with Crippen molar-refractivity contribution in [1.29, 1.82) is 0 Å². The quantitative estimate of drug-likeness (QED) is 0.733. The van der Waals surface area contributed by atoms with Gasteiger partial charge in [-0.15, -0.1) is 0 Å². The minimum atomic E-state index is -5.08. The zero-order valence-electron chi connectivity index (χ0n) is 17.1. The number of amides is 2. The number of hydrogen-bond acceptors (Lipinski definition) is 5. The lowest BCUT2D eigenvalue weighted by atomic mass is 9.80. The number of carboxylic acids is 1. The average Bonchev–Trinajstić information content (AvgIpc) is 2.90. The van der Waals surface area contributed by atoms with Gasteiger partial charge in [0, 0.05) is 51.9 Å². The average molecular weight is 432 g/mol. The zero-order valence-corrected chi connectivity index (χ0v) is 17.1. The molecule has 30 heavy (non-hydrogen) atoms. The number of urea groups is 1. The molecule has 2 aliphatic heterocycles. The van der Waals surface area contributed by atoms with Gasteiger partial charge in [0.25, 0.3) is 0 Å². The van der Waals surface area contributed by atoms with Gasteiger partial charge in [0.05, 0.1) is 25.1 Å². The van der Waals surface area contributed by atoms with E-state index in [0.29, 0.717) is 0 Å².